The second-order valence-corrected chi connectivity index (χ2v) is 11.3. The van der Waals surface area contributed by atoms with E-state index in [4.69, 9.17) is 11.5 Å². The summed E-state index contributed by atoms with van der Waals surface area (Å²) in [6, 6.07) is 4.74. The fourth-order valence-electron chi connectivity index (χ4n) is 7.19. The molecule has 29 heavy (non-hydrogen) atoms. The minimum atomic E-state index is -0.452. The molecule has 3 aliphatic rings. The first kappa shape index (κ1) is 20.3. The van der Waals surface area contributed by atoms with Crippen LogP contribution in [0, 0.1) is 10.8 Å². The van der Waals surface area contributed by atoms with E-state index in [-0.39, 0.29) is 33.7 Å². The number of hydrogen-bond donors (Lipinski definition) is 3. The second-order valence-electron chi connectivity index (χ2n) is 11.3. The summed E-state index contributed by atoms with van der Waals surface area (Å²) < 4.78 is 0. The molecule has 156 valence electrons. The van der Waals surface area contributed by atoms with Gasteiger partial charge in [-0.15, -0.1) is 0 Å². The van der Waals surface area contributed by atoms with Crippen molar-refractivity contribution in [2.24, 2.45) is 22.3 Å². The van der Waals surface area contributed by atoms with E-state index in [1.807, 2.05) is 13.8 Å². The Bertz CT molecular complexity index is 959. The lowest BCUT2D eigenvalue weighted by molar-refractivity contribution is 0.0566. The van der Waals surface area contributed by atoms with Gasteiger partial charge >= 0.3 is 0 Å². The van der Waals surface area contributed by atoms with Crippen LogP contribution in [-0.2, 0) is 0 Å². The first-order chi connectivity index (χ1) is 13.2. The third-order valence-corrected chi connectivity index (χ3v) is 6.96. The van der Waals surface area contributed by atoms with Crippen LogP contribution in [0.4, 0.5) is 0 Å². The van der Waals surface area contributed by atoms with Crippen LogP contribution in [-0.4, -0.2) is 27.8 Å². The SMILES string of the molecule is CC1(N)CC(C)(N)CC2(C)CC3=C(CC(C)(C1)C2)C(=O)c1cccc(O)c1C3=O. The minimum Gasteiger partial charge on any atom is -0.507 e. The van der Waals surface area contributed by atoms with E-state index in [1.54, 1.807) is 12.1 Å². The van der Waals surface area contributed by atoms with Gasteiger partial charge in [0.05, 0.1) is 5.56 Å². The Balaban J connectivity index is 1.89. The molecule has 0 radical (unpaired) electrons. The van der Waals surface area contributed by atoms with Crippen LogP contribution in [0.25, 0.3) is 0 Å². The Morgan fingerprint density at radius 1 is 0.793 bits per heavy atom. The number of fused-ring (bicyclic) bond motifs is 3. The number of Topliss-reactive ketones (excluding diaryl/α,β-unsaturated/α-hetero) is 2. The molecule has 4 unspecified atom stereocenters. The highest BCUT2D eigenvalue weighted by molar-refractivity contribution is 6.28. The molecule has 3 aliphatic carbocycles. The quantitative estimate of drug-likeness (QED) is 0.617. The molecule has 0 saturated heterocycles. The van der Waals surface area contributed by atoms with Crippen molar-refractivity contribution in [1.29, 1.82) is 0 Å². The van der Waals surface area contributed by atoms with Crippen molar-refractivity contribution in [2.75, 3.05) is 0 Å². The number of carbonyl (C=O) groups is 2. The molecule has 1 saturated carbocycles. The molecule has 1 aromatic carbocycles. The van der Waals surface area contributed by atoms with Gasteiger partial charge in [0.15, 0.2) is 11.6 Å². The van der Waals surface area contributed by atoms with Crippen LogP contribution in [0.3, 0.4) is 0 Å². The number of phenols is 1. The average Bonchev–Trinajstić information content (AvgIpc) is 2.62. The molecule has 4 rings (SSSR count). The zero-order valence-electron chi connectivity index (χ0n) is 17.9. The molecule has 0 aliphatic heterocycles. The van der Waals surface area contributed by atoms with Gasteiger partial charge in [0, 0.05) is 27.8 Å². The number of nitrogens with two attached hydrogens (primary N) is 2. The molecular weight excluding hydrogens is 364 g/mol. The van der Waals surface area contributed by atoms with Gasteiger partial charge in [-0.05, 0) is 69.3 Å². The molecule has 1 aromatic rings. The minimum absolute atomic E-state index is 0.122. The van der Waals surface area contributed by atoms with Gasteiger partial charge in [0.1, 0.15) is 5.75 Å². The van der Waals surface area contributed by atoms with Crippen molar-refractivity contribution in [3.8, 4) is 5.75 Å². The van der Waals surface area contributed by atoms with Crippen LogP contribution in [0.5, 0.6) is 5.75 Å². The molecule has 0 amide bonds. The standard InChI is InChI=1S/C24H32N2O3/c1-21-8-15-16(20(29)18-14(19(15)28)6-5-7-17(18)27)9-22(2,10-21)12-24(4,26)13-23(3,25)11-21/h5-7,27H,8-13,25-26H2,1-4H3. The summed E-state index contributed by atoms with van der Waals surface area (Å²) in [5.41, 5.74) is 13.7. The first-order valence-corrected chi connectivity index (χ1v) is 10.4. The van der Waals surface area contributed by atoms with Crippen molar-refractivity contribution in [3.63, 3.8) is 0 Å². The number of phenolic OH excluding ortho intramolecular Hbond substituents is 1. The van der Waals surface area contributed by atoms with E-state index >= 15 is 0 Å². The first-order valence-electron chi connectivity index (χ1n) is 10.4. The predicted octanol–water partition coefficient (Wildman–Crippen LogP) is 3.88. The van der Waals surface area contributed by atoms with Gasteiger partial charge < -0.3 is 16.6 Å². The molecule has 0 spiro atoms. The Labute approximate surface area is 172 Å². The average molecular weight is 397 g/mol. The molecule has 4 atom stereocenters. The van der Waals surface area contributed by atoms with Gasteiger partial charge in [0.2, 0.25) is 0 Å². The van der Waals surface area contributed by atoms with Crippen LogP contribution < -0.4 is 11.5 Å². The number of benzene rings is 1. The van der Waals surface area contributed by atoms with Crippen molar-refractivity contribution < 1.29 is 14.7 Å². The summed E-state index contributed by atoms with van der Waals surface area (Å²) >= 11 is 0. The van der Waals surface area contributed by atoms with Crippen molar-refractivity contribution in [3.05, 3.63) is 40.5 Å². The predicted molar refractivity (Wildman–Crippen MR) is 113 cm³/mol. The van der Waals surface area contributed by atoms with Crippen LogP contribution >= 0.6 is 0 Å². The smallest absolute Gasteiger partial charge is 0.193 e. The highest BCUT2D eigenvalue weighted by Gasteiger charge is 2.51. The Hall–Kier alpha value is -1.98. The maximum absolute atomic E-state index is 13.4. The van der Waals surface area contributed by atoms with Gasteiger partial charge in [0.25, 0.3) is 0 Å². The van der Waals surface area contributed by atoms with E-state index in [1.165, 1.54) is 6.07 Å². The van der Waals surface area contributed by atoms with Gasteiger partial charge in [-0.1, -0.05) is 26.0 Å². The highest BCUT2D eigenvalue weighted by Crippen LogP contribution is 2.56. The largest absolute Gasteiger partial charge is 0.507 e. The van der Waals surface area contributed by atoms with E-state index in [9.17, 15) is 14.7 Å². The lowest BCUT2D eigenvalue weighted by Crippen LogP contribution is -2.55. The Morgan fingerprint density at radius 3 is 1.86 bits per heavy atom. The highest BCUT2D eigenvalue weighted by atomic mass is 16.3. The fourth-order valence-corrected chi connectivity index (χ4v) is 7.19. The number of hydrogen-bond acceptors (Lipinski definition) is 5. The third kappa shape index (κ3) is 3.44. The molecule has 1 fully saturated rings. The number of allylic oxidation sites excluding steroid dienone is 2. The number of carbonyl (C=O) groups excluding carboxylic acids is 2. The van der Waals surface area contributed by atoms with Crippen LogP contribution in [0.2, 0.25) is 0 Å². The van der Waals surface area contributed by atoms with Crippen LogP contribution in [0.15, 0.2) is 29.3 Å². The van der Waals surface area contributed by atoms with Gasteiger partial charge in [-0.3, -0.25) is 9.59 Å². The summed E-state index contributed by atoms with van der Waals surface area (Å²) in [5.74, 6) is -0.463. The maximum Gasteiger partial charge on any atom is 0.193 e. The zero-order chi connectivity index (χ0) is 21.4. The third-order valence-electron chi connectivity index (χ3n) is 6.96. The summed E-state index contributed by atoms with van der Waals surface area (Å²) in [7, 11) is 0. The van der Waals surface area contributed by atoms with E-state index in [2.05, 4.69) is 13.8 Å². The summed E-state index contributed by atoms with van der Waals surface area (Å²) in [6.45, 7) is 8.47. The molecule has 2 bridgehead atoms. The maximum atomic E-state index is 13.4. The molecule has 5 nitrogen and oxygen atoms in total. The van der Waals surface area contributed by atoms with E-state index in [0.29, 0.717) is 36.0 Å². The summed E-state index contributed by atoms with van der Waals surface area (Å²) in [5, 5.41) is 10.3. The topological polar surface area (TPSA) is 106 Å². The molecule has 5 heteroatoms. The zero-order valence-corrected chi connectivity index (χ0v) is 17.9. The summed E-state index contributed by atoms with van der Waals surface area (Å²) in [6.07, 6.45) is 4.06. The molecular formula is C24H32N2O3. The monoisotopic (exact) mass is 396 g/mol. The fraction of sp³-hybridized carbons (Fsp3) is 0.583. The second kappa shape index (κ2) is 6.02. The van der Waals surface area contributed by atoms with Gasteiger partial charge in [-0.25, -0.2) is 0 Å². The number of aromatic hydroxyl groups is 1. The lowest BCUT2D eigenvalue weighted by atomic mass is 9.58. The normalized spacial score (nSPS) is 39.9. The van der Waals surface area contributed by atoms with Crippen LogP contribution in [0.1, 0.15) is 86.9 Å². The summed E-state index contributed by atoms with van der Waals surface area (Å²) in [4.78, 5) is 26.9. The van der Waals surface area contributed by atoms with Crippen molar-refractivity contribution >= 4 is 11.6 Å². The van der Waals surface area contributed by atoms with Crippen molar-refractivity contribution in [1.82, 2.24) is 0 Å². The van der Waals surface area contributed by atoms with Gasteiger partial charge in [-0.2, -0.15) is 0 Å². The Kier molecular flexibility index (Phi) is 4.21. The molecule has 0 heterocycles. The van der Waals surface area contributed by atoms with Crippen molar-refractivity contribution in [2.45, 2.75) is 77.3 Å². The van der Waals surface area contributed by atoms with E-state index in [0.717, 1.165) is 19.3 Å². The van der Waals surface area contributed by atoms with E-state index < -0.39 is 11.1 Å². The number of ketones is 2. The lowest BCUT2D eigenvalue weighted by Gasteiger charge is -2.50. The number of rotatable bonds is 0. The molecule has 5 N–H and O–H groups in total. The molecule has 0 aromatic heterocycles. The Morgan fingerprint density at radius 2 is 1.31 bits per heavy atom.